The Hall–Kier alpha value is -3.60. The fourth-order valence-electron chi connectivity index (χ4n) is 5.66. The Morgan fingerprint density at radius 2 is 1.74 bits per heavy atom. The van der Waals surface area contributed by atoms with E-state index in [0.29, 0.717) is 25.3 Å². The number of aromatic nitrogens is 2. The van der Waals surface area contributed by atoms with Gasteiger partial charge in [-0.05, 0) is 88.7 Å². The Kier molecular flexibility index (Phi) is 6.81. The molecule has 0 fully saturated rings. The lowest BCUT2D eigenvalue weighted by molar-refractivity contribution is 0.0692. The highest BCUT2D eigenvalue weighted by Gasteiger charge is 2.37. The maximum absolute atomic E-state index is 13.7. The number of benzene rings is 1. The van der Waals surface area contributed by atoms with E-state index in [1.54, 1.807) is 12.4 Å². The topological polar surface area (TPSA) is 51.3 Å². The van der Waals surface area contributed by atoms with E-state index in [9.17, 15) is 4.79 Å². The quantitative estimate of drug-likeness (QED) is 0.267. The Morgan fingerprint density at radius 1 is 1.00 bits per heavy atom. The Balaban J connectivity index is 1.40. The predicted molar refractivity (Wildman–Crippen MR) is 151 cm³/mol. The number of carbonyl (C=O) groups is 1. The van der Waals surface area contributed by atoms with Gasteiger partial charge in [-0.3, -0.25) is 9.78 Å². The van der Waals surface area contributed by atoms with Crippen molar-refractivity contribution >= 4 is 5.91 Å². The predicted octanol–water partition coefficient (Wildman–Crippen LogP) is 7.10. The van der Waals surface area contributed by atoms with Gasteiger partial charge < -0.3 is 13.9 Å². The first kappa shape index (κ1) is 26.0. The molecule has 5 rings (SSSR count). The van der Waals surface area contributed by atoms with Crippen molar-refractivity contribution in [2.24, 2.45) is 7.05 Å². The Morgan fingerprint density at radius 3 is 2.39 bits per heavy atom. The van der Waals surface area contributed by atoms with E-state index in [-0.39, 0.29) is 16.7 Å². The van der Waals surface area contributed by atoms with Crippen LogP contribution in [-0.2, 0) is 37.4 Å². The lowest BCUT2D eigenvalue weighted by atomic mass is 9.62. The number of hydrogen-bond donors (Lipinski definition) is 0. The van der Waals surface area contributed by atoms with Crippen LogP contribution in [0.5, 0.6) is 0 Å². The van der Waals surface area contributed by atoms with Crippen LogP contribution in [0.2, 0.25) is 0 Å². The molecule has 4 aromatic rings. The Labute approximate surface area is 226 Å². The molecule has 0 spiro atoms. The zero-order valence-electron chi connectivity index (χ0n) is 23.5. The molecule has 0 N–H and O–H groups in total. The number of carbonyl (C=O) groups excluding carboxylic acids is 1. The molecule has 3 aromatic heterocycles. The van der Waals surface area contributed by atoms with Crippen LogP contribution in [0, 0.1) is 6.92 Å². The number of pyridine rings is 1. The van der Waals surface area contributed by atoms with Crippen molar-refractivity contribution in [1.29, 1.82) is 0 Å². The molecule has 198 valence electrons. The van der Waals surface area contributed by atoms with E-state index in [1.165, 1.54) is 35.1 Å². The molecule has 38 heavy (non-hydrogen) atoms. The van der Waals surface area contributed by atoms with Crippen molar-refractivity contribution in [2.75, 3.05) is 0 Å². The first-order valence-corrected chi connectivity index (χ1v) is 13.5. The number of nitrogens with zero attached hydrogens (tertiary/aromatic N) is 3. The summed E-state index contributed by atoms with van der Waals surface area (Å²) in [5, 5.41) is 0. The molecule has 1 aliphatic rings. The maximum Gasteiger partial charge on any atom is 0.290 e. The summed E-state index contributed by atoms with van der Waals surface area (Å²) in [6.45, 7) is 12.6. The highest BCUT2D eigenvalue weighted by molar-refractivity contribution is 5.91. The Bertz CT molecular complexity index is 1440. The fourth-order valence-corrected chi connectivity index (χ4v) is 5.66. The summed E-state index contributed by atoms with van der Waals surface area (Å²) >= 11 is 0. The summed E-state index contributed by atoms with van der Waals surface area (Å²) < 4.78 is 8.24. The summed E-state index contributed by atoms with van der Waals surface area (Å²) in [6.07, 6.45) is 8.60. The van der Waals surface area contributed by atoms with E-state index in [0.717, 1.165) is 17.0 Å². The van der Waals surface area contributed by atoms with Crippen LogP contribution in [-0.4, -0.2) is 20.4 Å². The van der Waals surface area contributed by atoms with E-state index in [4.69, 9.17) is 4.42 Å². The van der Waals surface area contributed by atoms with Gasteiger partial charge in [0.2, 0.25) is 0 Å². The van der Waals surface area contributed by atoms with Gasteiger partial charge in [-0.1, -0.05) is 45.9 Å². The second-order valence-electron chi connectivity index (χ2n) is 12.2. The largest absolute Gasteiger partial charge is 0.456 e. The molecule has 3 heterocycles. The lowest BCUT2D eigenvalue weighted by Crippen LogP contribution is -2.34. The van der Waals surface area contributed by atoms with Gasteiger partial charge in [-0.25, -0.2) is 0 Å². The third-order valence-corrected chi connectivity index (χ3v) is 8.33. The normalized spacial score (nSPS) is 15.7. The second-order valence-corrected chi connectivity index (χ2v) is 12.2. The molecule has 0 radical (unpaired) electrons. The van der Waals surface area contributed by atoms with Crippen molar-refractivity contribution < 1.29 is 9.21 Å². The smallest absolute Gasteiger partial charge is 0.290 e. The molecule has 0 saturated heterocycles. The minimum atomic E-state index is -0.119. The lowest BCUT2D eigenvalue weighted by Gasteiger charge is -2.42. The highest BCUT2D eigenvalue weighted by atomic mass is 16.4. The monoisotopic (exact) mass is 509 g/mol. The summed E-state index contributed by atoms with van der Waals surface area (Å²) in [5.74, 6) is 1.06. The van der Waals surface area contributed by atoms with Crippen molar-refractivity contribution in [3.63, 3.8) is 0 Å². The maximum atomic E-state index is 13.7. The van der Waals surface area contributed by atoms with Crippen molar-refractivity contribution in [3.8, 4) is 0 Å². The summed E-state index contributed by atoms with van der Waals surface area (Å²) in [7, 11) is 2.00. The molecule has 1 amide bonds. The van der Waals surface area contributed by atoms with Crippen molar-refractivity contribution in [1.82, 2.24) is 14.5 Å². The van der Waals surface area contributed by atoms with Crippen molar-refractivity contribution in [2.45, 2.75) is 77.8 Å². The molecule has 0 unspecified atom stereocenters. The van der Waals surface area contributed by atoms with Gasteiger partial charge in [-0.2, -0.15) is 0 Å². The number of furan rings is 1. The van der Waals surface area contributed by atoms with Gasteiger partial charge in [0, 0.05) is 44.3 Å². The highest BCUT2D eigenvalue weighted by Crippen LogP contribution is 2.46. The van der Waals surface area contributed by atoms with Gasteiger partial charge in [0.15, 0.2) is 5.76 Å². The van der Waals surface area contributed by atoms with Crippen LogP contribution in [0.15, 0.2) is 71.5 Å². The summed E-state index contributed by atoms with van der Waals surface area (Å²) in [6, 6.07) is 16.5. The van der Waals surface area contributed by atoms with Gasteiger partial charge in [-0.15, -0.1) is 0 Å². The SMILES string of the molecule is Cc1cc2c(cc1Cc1ccc(C(=O)N(Cc3cccnc3)Cc3cccn3C)o1)C(C)(C)CCC2(C)C. The third-order valence-electron chi connectivity index (χ3n) is 8.33. The van der Waals surface area contributed by atoms with Crippen LogP contribution in [0.1, 0.15) is 90.4 Å². The third kappa shape index (κ3) is 5.20. The minimum Gasteiger partial charge on any atom is -0.456 e. The van der Waals surface area contributed by atoms with Crippen molar-refractivity contribution in [3.05, 3.63) is 112 Å². The van der Waals surface area contributed by atoms with E-state index in [2.05, 4.69) is 51.7 Å². The van der Waals surface area contributed by atoms with Crippen LogP contribution < -0.4 is 0 Å². The standard InChI is InChI=1S/C33H39N3O2/c1-23-17-28-29(33(4,5)14-13-32(28,2)3)19-25(23)18-27-11-12-30(38-27)31(37)36(21-24-9-7-15-34-20-24)22-26-10-8-16-35(26)6/h7-12,15-17,19-20H,13-14,18,21-22H2,1-6H3. The number of aryl methyl sites for hydroxylation is 2. The zero-order chi connectivity index (χ0) is 27.1. The minimum absolute atomic E-state index is 0.119. The van der Waals surface area contributed by atoms with Gasteiger partial charge in [0.25, 0.3) is 5.91 Å². The number of hydrogen-bond acceptors (Lipinski definition) is 3. The average molecular weight is 510 g/mol. The first-order chi connectivity index (χ1) is 18.0. The van der Waals surface area contributed by atoms with E-state index in [1.807, 2.05) is 59.1 Å². The molecule has 1 aliphatic carbocycles. The molecule has 5 nitrogen and oxygen atoms in total. The number of fused-ring (bicyclic) bond motifs is 1. The van der Waals surface area contributed by atoms with E-state index >= 15 is 0 Å². The van der Waals surface area contributed by atoms with Crippen LogP contribution >= 0.6 is 0 Å². The molecular weight excluding hydrogens is 470 g/mol. The molecular formula is C33H39N3O2. The molecule has 1 aromatic carbocycles. The molecule has 0 saturated carbocycles. The summed E-state index contributed by atoms with van der Waals surface area (Å²) in [5.41, 5.74) is 7.84. The zero-order valence-corrected chi connectivity index (χ0v) is 23.5. The van der Waals surface area contributed by atoms with Gasteiger partial charge in [0.1, 0.15) is 5.76 Å². The van der Waals surface area contributed by atoms with E-state index < -0.39 is 0 Å². The molecule has 0 bridgehead atoms. The van der Waals surface area contributed by atoms with Gasteiger partial charge >= 0.3 is 0 Å². The summed E-state index contributed by atoms with van der Waals surface area (Å²) in [4.78, 5) is 19.7. The van der Waals surface area contributed by atoms with Crippen LogP contribution in [0.3, 0.4) is 0 Å². The number of rotatable bonds is 7. The second kappa shape index (κ2) is 9.94. The number of amides is 1. The van der Waals surface area contributed by atoms with Crippen LogP contribution in [0.4, 0.5) is 0 Å². The molecule has 0 aliphatic heterocycles. The van der Waals surface area contributed by atoms with Gasteiger partial charge in [0.05, 0.1) is 6.54 Å². The first-order valence-electron chi connectivity index (χ1n) is 13.5. The van der Waals surface area contributed by atoms with Crippen LogP contribution in [0.25, 0.3) is 0 Å². The molecule has 5 heteroatoms. The average Bonchev–Trinajstić information content (AvgIpc) is 3.52. The molecule has 0 atom stereocenters. The fraction of sp³-hybridized carbons (Fsp3) is 0.394.